The summed E-state index contributed by atoms with van der Waals surface area (Å²) < 4.78 is 10.1. The zero-order chi connectivity index (χ0) is 18.0. The number of amides is 1. The molecule has 1 aromatic carbocycles. The number of aromatic nitrogens is 3. The van der Waals surface area contributed by atoms with Gasteiger partial charge in [-0.25, -0.2) is 0 Å². The molecule has 0 unspecified atom stereocenters. The Hall–Kier alpha value is -2.06. The van der Waals surface area contributed by atoms with Crippen LogP contribution in [0.25, 0.3) is 10.2 Å². The lowest BCUT2D eigenvalue weighted by atomic mass is 10.3. The number of rotatable bonds is 5. The molecule has 2 aromatic heterocycles. The second-order valence-corrected chi connectivity index (χ2v) is 7.57. The van der Waals surface area contributed by atoms with Crippen LogP contribution in [0.2, 0.25) is 0 Å². The van der Waals surface area contributed by atoms with Crippen molar-refractivity contribution in [3.63, 3.8) is 0 Å². The van der Waals surface area contributed by atoms with E-state index < -0.39 is 0 Å². The Morgan fingerprint density at radius 3 is 2.84 bits per heavy atom. The van der Waals surface area contributed by atoms with Crippen LogP contribution in [0.3, 0.4) is 0 Å². The summed E-state index contributed by atoms with van der Waals surface area (Å²) in [7, 11) is 3.46. The molecule has 3 rings (SSSR count). The number of carbonyl (C=O) groups excluding carboxylic acids is 1. The van der Waals surface area contributed by atoms with Gasteiger partial charge in [0.25, 0.3) is 5.91 Å². The topological polar surface area (TPSA) is 61.4 Å². The predicted octanol–water partition coefficient (Wildman–Crippen LogP) is 2.86. The van der Waals surface area contributed by atoms with Gasteiger partial charge in [0.1, 0.15) is 5.75 Å². The molecule has 0 N–H and O–H groups in total. The van der Waals surface area contributed by atoms with Crippen molar-refractivity contribution in [2.24, 2.45) is 12.0 Å². The SMILES string of the molecule is COc1ccc2c(c1)sc(=NC(=O)c1cc(C)n(C)n1)n2CCSC. The number of carbonyl (C=O) groups is 1. The molecule has 25 heavy (non-hydrogen) atoms. The Balaban J connectivity index is 2.10. The number of thioether (sulfide) groups is 1. The first-order valence-corrected chi connectivity index (χ1v) is 10.0. The van der Waals surface area contributed by atoms with Crippen LogP contribution in [0.5, 0.6) is 5.75 Å². The molecule has 0 fully saturated rings. The second-order valence-electron chi connectivity index (χ2n) is 5.57. The smallest absolute Gasteiger partial charge is 0.300 e. The van der Waals surface area contributed by atoms with Crippen LogP contribution in [-0.2, 0) is 13.6 Å². The number of benzene rings is 1. The van der Waals surface area contributed by atoms with Crippen molar-refractivity contribution < 1.29 is 9.53 Å². The van der Waals surface area contributed by atoms with Crippen molar-refractivity contribution in [2.75, 3.05) is 19.1 Å². The van der Waals surface area contributed by atoms with Crippen LogP contribution in [0.1, 0.15) is 16.2 Å². The lowest BCUT2D eigenvalue weighted by Crippen LogP contribution is -2.18. The van der Waals surface area contributed by atoms with Crippen LogP contribution in [0.4, 0.5) is 0 Å². The molecule has 2 heterocycles. The van der Waals surface area contributed by atoms with Crippen molar-refractivity contribution >= 4 is 39.2 Å². The molecule has 0 aliphatic carbocycles. The summed E-state index contributed by atoms with van der Waals surface area (Å²) in [6.07, 6.45) is 2.07. The molecule has 0 aliphatic rings. The summed E-state index contributed by atoms with van der Waals surface area (Å²) in [6, 6.07) is 7.68. The first-order chi connectivity index (χ1) is 12.0. The molecule has 1 amide bonds. The van der Waals surface area contributed by atoms with Crippen LogP contribution in [-0.4, -0.2) is 39.4 Å². The molecule has 0 bridgehead atoms. The number of hydrogen-bond acceptors (Lipinski definition) is 5. The van der Waals surface area contributed by atoms with Gasteiger partial charge in [0.05, 0.1) is 17.3 Å². The molecule has 6 nitrogen and oxygen atoms in total. The summed E-state index contributed by atoms with van der Waals surface area (Å²) in [4.78, 5) is 17.6. The van der Waals surface area contributed by atoms with E-state index in [0.29, 0.717) is 10.5 Å². The number of fused-ring (bicyclic) bond motifs is 1. The van der Waals surface area contributed by atoms with E-state index in [2.05, 4.69) is 20.9 Å². The number of ether oxygens (including phenoxy) is 1. The Morgan fingerprint density at radius 1 is 1.40 bits per heavy atom. The van der Waals surface area contributed by atoms with E-state index in [1.807, 2.05) is 32.2 Å². The third-order valence-electron chi connectivity index (χ3n) is 3.94. The first-order valence-electron chi connectivity index (χ1n) is 7.79. The van der Waals surface area contributed by atoms with Gasteiger partial charge in [0.2, 0.25) is 0 Å². The molecule has 0 radical (unpaired) electrons. The minimum absolute atomic E-state index is 0.319. The van der Waals surface area contributed by atoms with E-state index in [-0.39, 0.29) is 5.91 Å². The summed E-state index contributed by atoms with van der Waals surface area (Å²) in [5, 5.41) is 4.22. The third-order valence-corrected chi connectivity index (χ3v) is 5.57. The van der Waals surface area contributed by atoms with E-state index in [4.69, 9.17) is 4.74 Å². The van der Waals surface area contributed by atoms with E-state index in [0.717, 1.165) is 34.0 Å². The minimum atomic E-state index is -0.319. The van der Waals surface area contributed by atoms with Gasteiger partial charge in [-0.15, -0.1) is 0 Å². The highest BCUT2D eigenvalue weighted by molar-refractivity contribution is 7.98. The van der Waals surface area contributed by atoms with Gasteiger partial charge in [0, 0.05) is 25.0 Å². The normalized spacial score (nSPS) is 12.1. The maximum atomic E-state index is 12.5. The summed E-state index contributed by atoms with van der Waals surface area (Å²) >= 11 is 3.25. The largest absolute Gasteiger partial charge is 0.497 e. The van der Waals surface area contributed by atoms with Crippen molar-refractivity contribution in [1.29, 1.82) is 0 Å². The van der Waals surface area contributed by atoms with Crippen LogP contribution in [0.15, 0.2) is 29.3 Å². The molecule has 3 aromatic rings. The number of aryl methyl sites for hydroxylation is 3. The second kappa shape index (κ2) is 7.45. The fraction of sp³-hybridized carbons (Fsp3) is 0.353. The van der Waals surface area contributed by atoms with Crippen molar-refractivity contribution in [3.8, 4) is 5.75 Å². The molecule has 0 spiro atoms. The molecule has 0 atom stereocenters. The number of methoxy groups -OCH3 is 1. The number of hydrogen-bond donors (Lipinski definition) is 0. The quantitative estimate of drug-likeness (QED) is 0.687. The highest BCUT2D eigenvalue weighted by atomic mass is 32.2. The zero-order valence-electron chi connectivity index (χ0n) is 14.6. The molecule has 132 valence electrons. The van der Waals surface area contributed by atoms with Gasteiger partial charge in [-0.05, 0) is 37.4 Å². The highest BCUT2D eigenvalue weighted by Gasteiger charge is 2.13. The average molecular weight is 377 g/mol. The first kappa shape index (κ1) is 17.8. The monoisotopic (exact) mass is 376 g/mol. The fourth-order valence-corrected chi connectivity index (χ4v) is 3.92. The summed E-state index contributed by atoms with van der Waals surface area (Å²) in [5.41, 5.74) is 2.35. The maximum Gasteiger partial charge on any atom is 0.300 e. The Morgan fingerprint density at radius 2 is 2.20 bits per heavy atom. The average Bonchev–Trinajstić information content (AvgIpc) is 3.12. The molecule has 8 heteroatoms. The van der Waals surface area contributed by atoms with Gasteiger partial charge in [-0.3, -0.25) is 9.48 Å². The van der Waals surface area contributed by atoms with Gasteiger partial charge < -0.3 is 9.30 Å². The maximum absolute atomic E-state index is 12.5. The summed E-state index contributed by atoms with van der Waals surface area (Å²) in [5.74, 6) is 1.42. The van der Waals surface area contributed by atoms with Crippen LogP contribution >= 0.6 is 23.1 Å². The number of nitrogens with zero attached hydrogens (tertiary/aromatic N) is 4. The summed E-state index contributed by atoms with van der Waals surface area (Å²) in [6.45, 7) is 2.70. The Kier molecular flexibility index (Phi) is 5.29. The van der Waals surface area contributed by atoms with Gasteiger partial charge in [-0.1, -0.05) is 11.3 Å². The van der Waals surface area contributed by atoms with Gasteiger partial charge in [-0.2, -0.15) is 21.9 Å². The van der Waals surface area contributed by atoms with E-state index >= 15 is 0 Å². The van der Waals surface area contributed by atoms with E-state index in [1.165, 1.54) is 11.3 Å². The molecule has 0 saturated heterocycles. The molecular weight excluding hydrogens is 356 g/mol. The minimum Gasteiger partial charge on any atom is -0.497 e. The fourth-order valence-electron chi connectivity index (χ4n) is 2.47. The lowest BCUT2D eigenvalue weighted by Gasteiger charge is -2.04. The van der Waals surface area contributed by atoms with E-state index in [9.17, 15) is 4.79 Å². The van der Waals surface area contributed by atoms with Crippen molar-refractivity contribution in [1.82, 2.24) is 14.3 Å². The zero-order valence-corrected chi connectivity index (χ0v) is 16.3. The Bertz CT molecular complexity index is 965. The predicted molar refractivity (Wildman–Crippen MR) is 103 cm³/mol. The van der Waals surface area contributed by atoms with Gasteiger partial charge >= 0.3 is 0 Å². The molecular formula is C17H20N4O2S2. The number of thiazole rings is 1. The third kappa shape index (κ3) is 3.64. The van der Waals surface area contributed by atoms with Gasteiger partial charge in [0.15, 0.2) is 10.5 Å². The Labute approximate surface area is 154 Å². The van der Waals surface area contributed by atoms with Crippen molar-refractivity contribution in [2.45, 2.75) is 13.5 Å². The van der Waals surface area contributed by atoms with Crippen LogP contribution < -0.4 is 9.54 Å². The molecule has 0 aliphatic heterocycles. The van der Waals surface area contributed by atoms with Crippen LogP contribution in [0, 0.1) is 6.92 Å². The lowest BCUT2D eigenvalue weighted by molar-refractivity contribution is 0.0992. The highest BCUT2D eigenvalue weighted by Crippen LogP contribution is 2.23. The van der Waals surface area contributed by atoms with E-state index in [1.54, 1.807) is 29.6 Å². The van der Waals surface area contributed by atoms with Crippen molar-refractivity contribution in [3.05, 3.63) is 40.5 Å². The standard InChI is InChI=1S/C17H20N4O2S2/c1-11-9-13(19-20(11)2)16(22)18-17-21(7-8-24-4)14-6-5-12(23-3)10-15(14)25-17/h5-6,9-10H,7-8H2,1-4H3. The molecule has 0 saturated carbocycles.